The van der Waals surface area contributed by atoms with E-state index in [4.69, 9.17) is 0 Å². The van der Waals surface area contributed by atoms with Crippen LogP contribution in [-0.2, 0) is 6.42 Å². The number of nitrogens with zero attached hydrogens (tertiary/aromatic N) is 2. The van der Waals surface area contributed by atoms with Crippen LogP contribution in [0.1, 0.15) is 37.8 Å². The van der Waals surface area contributed by atoms with Gasteiger partial charge in [0.05, 0.1) is 0 Å². The van der Waals surface area contributed by atoms with Crippen LogP contribution in [0.4, 0.5) is 0 Å². The van der Waals surface area contributed by atoms with E-state index < -0.39 is 0 Å². The van der Waals surface area contributed by atoms with Gasteiger partial charge in [-0.25, -0.2) is 0 Å². The molecule has 0 spiro atoms. The molecule has 1 aliphatic heterocycles. The lowest BCUT2D eigenvalue weighted by atomic mass is 9.96. The summed E-state index contributed by atoms with van der Waals surface area (Å²) in [6, 6.07) is 8.81. The largest absolute Gasteiger partial charge is 0.303 e. The number of likely N-dealkylation sites (N-methyl/N-ethyl adjacent to an activating group) is 1. The Morgan fingerprint density at radius 2 is 2.09 bits per heavy atom. The first kappa shape index (κ1) is 18.2. The van der Waals surface area contributed by atoms with Crippen LogP contribution in [-0.4, -0.2) is 49.6 Å². The van der Waals surface area contributed by atoms with Crippen molar-refractivity contribution in [3.8, 4) is 0 Å². The highest BCUT2D eigenvalue weighted by Gasteiger charge is 2.20. The van der Waals surface area contributed by atoms with Gasteiger partial charge in [-0.3, -0.25) is 0 Å². The van der Waals surface area contributed by atoms with Crippen LogP contribution >= 0.6 is 0 Å². The maximum atomic E-state index is 2.68. The highest BCUT2D eigenvalue weighted by Crippen LogP contribution is 2.18. The minimum atomic E-state index is 0.830. The Morgan fingerprint density at radius 3 is 2.83 bits per heavy atom. The van der Waals surface area contributed by atoms with Crippen LogP contribution in [0.5, 0.6) is 0 Å². The van der Waals surface area contributed by atoms with Crippen LogP contribution in [0, 0.1) is 12.8 Å². The minimum Gasteiger partial charge on any atom is -0.303 e. The second-order valence-corrected chi connectivity index (χ2v) is 7.49. The molecule has 1 fully saturated rings. The molecule has 1 unspecified atom stereocenters. The van der Waals surface area contributed by atoms with Gasteiger partial charge in [-0.1, -0.05) is 35.9 Å². The van der Waals surface area contributed by atoms with Crippen molar-refractivity contribution in [2.24, 2.45) is 5.92 Å². The molecular weight excluding hydrogens is 280 g/mol. The van der Waals surface area contributed by atoms with Crippen LogP contribution in [0.25, 0.3) is 0 Å². The summed E-state index contributed by atoms with van der Waals surface area (Å²) < 4.78 is 0. The van der Waals surface area contributed by atoms with E-state index in [9.17, 15) is 0 Å². The summed E-state index contributed by atoms with van der Waals surface area (Å²) >= 11 is 0. The maximum absolute atomic E-state index is 2.68. The van der Waals surface area contributed by atoms with Gasteiger partial charge in [0.15, 0.2) is 0 Å². The quantitative estimate of drug-likeness (QED) is 0.698. The third-order valence-electron chi connectivity index (χ3n) is 4.94. The molecule has 1 aromatic carbocycles. The van der Waals surface area contributed by atoms with E-state index in [0.29, 0.717) is 0 Å². The van der Waals surface area contributed by atoms with Crippen molar-refractivity contribution in [1.29, 1.82) is 0 Å². The van der Waals surface area contributed by atoms with Gasteiger partial charge >= 0.3 is 0 Å². The summed E-state index contributed by atoms with van der Waals surface area (Å²) in [4.78, 5) is 5.15. The zero-order chi connectivity index (χ0) is 16.7. The molecule has 2 nitrogen and oxygen atoms in total. The zero-order valence-electron chi connectivity index (χ0n) is 15.5. The fourth-order valence-corrected chi connectivity index (χ4v) is 3.53. The Hall–Kier alpha value is -1.12. The van der Waals surface area contributed by atoms with Crippen LogP contribution in [0.15, 0.2) is 35.9 Å². The van der Waals surface area contributed by atoms with Gasteiger partial charge in [0.2, 0.25) is 0 Å². The van der Waals surface area contributed by atoms with Crippen molar-refractivity contribution < 1.29 is 0 Å². The molecular formula is C21H34N2. The normalized spacial score (nSPS) is 19.1. The highest BCUT2D eigenvalue weighted by atomic mass is 15.1. The lowest BCUT2D eigenvalue weighted by Gasteiger charge is -2.34. The van der Waals surface area contributed by atoms with E-state index in [-0.39, 0.29) is 0 Å². The summed E-state index contributed by atoms with van der Waals surface area (Å²) in [6.07, 6.45) is 6.26. The minimum absolute atomic E-state index is 0.830. The first-order valence-corrected chi connectivity index (χ1v) is 9.13. The van der Waals surface area contributed by atoms with Gasteiger partial charge in [-0.05, 0) is 70.7 Å². The molecule has 1 heterocycles. The zero-order valence-corrected chi connectivity index (χ0v) is 15.5. The van der Waals surface area contributed by atoms with E-state index in [1.165, 1.54) is 62.1 Å². The van der Waals surface area contributed by atoms with Crippen LogP contribution in [0.3, 0.4) is 0 Å². The first-order chi connectivity index (χ1) is 11.0. The predicted octanol–water partition coefficient (Wildman–Crippen LogP) is 4.15. The molecule has 1 atom stereocenters. The van der Waals surface area contributed by atoms with Gasteiger partial charge in [0.1, 0.15) is 0 Å². The fourth-order valence-electron chi connectivity index (χ4n) is 3.53. The van der Waals surface area contributed by atoms with Crippen LogP contribution in [0.2, 0.25) is 0 Å². The number of aryl methyl sites for hydroxylation is 1. The summed E-state index contributed by atoms with van der Waals surface area (Å²) in [5.41, 5.74) is 4.36. The van der Waals surface area contributed by atoms with Gasteiger partial charge in [-0.15, -0.1) is 0 Å². The molecule has 0 aromatic heterocycles. The molecule has 1 aliphatic rings. The number of hydrogen-bond acceptors (Lipinski definition) is 2. The Morgan fingerprint density at radius 1 is 1.30 bits per heavy atom. The third-order valence-corrected chi connectivity index (χ3v) is 4.94. The van der Waals surface area contributed by atoms with Crippen molar-refractivity contribution in [2.45, 2.75) is 40.0 Å². The van der Waals surface area contributed by atoms with E-state index in [1.807, 2.05) is 0 Å². The molecule has 0 amide bonds. The van der Waals surface area contributed by atoms with Gasteiger partial charge in [0.25, 0.3) is 0 Å². The molecule has 23 heavy (non-hydrogen) atoms. The van der Waals surface area contributed by atoms with E-state index in [1.54, 1.807) is 0 Å². The van der Waals surface area contributed by atoms with Crippen molar-refractivity contribution in [1.82, 2.24) is 9.80 Å². The van der Waals surface area contributed by atoms with Gasteiger partial charge < -0.3 is 9.80 Å². The topological polar surface area (TPSA) is 6.48 Å². The standard InChI is InChI=1S/C21H34N2/c1-18(2)11-14-22(4)16-20-9-7-13-23(17-20)15-12-21-10-6-5-8-19(21)3/h5-6,8,10-11,20H,7,9,12-17H2,1-4H3. The lowest BCUT2D eigenvalue weighted by molar-refractivity contribution is 0.148. The second-order valence-electron chi connectivity index (χ2n) is 7.49. The Labute approximate surface area is 143 Å². The number of allylic oxidation sites excluding steroid dienone is 1. The first-order valence-electron chi connectivity index (χ1n) is 9.13. The van der Waals surface area contributed by atoms with Gasteiger partial charge in [-0.2, -0.15) is 0 Å². The molecule has 0 saturated carbocycles. The van der Waals surface area contributed by atoms with E-state index in [2.05, 4.69) is 68.0 Å². The molecule has 2 heteroatoms. The number of likely N-dealkylation sites (tertiary alicyclic amines) is 1. The smallest absolute Gasteiger partial charge is 0.0162 e. The molecule has 2 rings (SSSR count). The number of hydrogen-bond donors (Lipinski definition) is 0. The summed E-state index contributed by atoms with van der Waals surface area (Å²) in [6.45, 7) is 12.7. The molecule has 0 bridgehead atoms. The highest BCUT2D eigenvalue weighted by molar-refractivity contribution is 5.25. The fraction of sp³-hybridized carbons (Fsp3) is 0.619. The van der Waals surface area contributed by atoms with E-state index >= 15 is 0 Å². The number of rotatable bonds is 7. The predicted molar refractivity (Wildman–Crippen MR) is 101 cm³/mol. The Bertz CT molecular complexity index is 502. The van der Waals surface area contributed by atoms with Crippen molar-refractivity contribution in [3.05, 3.63) is 47.0 Å². The number of piperidine rings is 1. The molecule has 0 radical (unpaired) electrons. The molecule has 128 valence electrons. The maximum Gasteiger partial charge on any atom is 0.0162 e. The average molecular weight is 315 g/mol. The molecule has 0 N–H and O–H groups in total. The van der Waals surface area contributed by atoms with Crippen molar-refractivity contribution >= 4 is 0 Å². The third kappa shape index (κ3) is 6.48. The molecule has 1 aromatic rings. The monoisotopic (exact) mass is 314 g/mol. The molecule has 0 aliphatic carbocycles. The summed E-state index contributed by atoms with van der Waals surface area (Å²) in [5.74, 6) is 0.830. The summed E-state index contributed by atoms with van der Waals surface area (Å²) in [5, 5.41) is 0. The lowest BCUT2D eigenvalue weighted by Crippen LogP contribution is -2.41. The number of benzene rings is 1. The average Bonchev–Trinajstić information content (AvgIpc) is 2.52. The summed E-state index contributed by atoms with van der Waals surface area (Å²) in [7, 11) is 2.26. The van der Waals surface area contributed by atoms with Crippen LogP contribution < -0.4 is 0 Å². The Kier molecular flexibility index (Phi) is 7.32. The Balaban J connectivity index is 1.77. The van der Waals surface area contributed by atoms with E-state index in [0.717, 1.165) is 12.5 Å². The van der Waals surface area contributed by atoms with Gasteiger partial charge in [0, 0.05) is 26.2 Å². The van der Waals surface area contributed by atoms with Crippen molar-refractivity contribution in [3.63, 3.8) is 0 Å². The second kappa shape index (κ2) is 9.24. The SMILES string of the molecule is CC(C)=CCN(C)CC1CCCN(CCc2ccccc2C)C1. The van der Waals surface area contributed by atoms with Crippen molar-refractivity contribution in [2.75, 3.05) is 39.8 Å². The molecule has 1 saturated heterocycles.